The molecule has 0 bridgehead atoms. The van der Waals surface area contributed by atoms with Crippen molar-refractivity contribution in [2.75, 3.05) is 13.1 Å². The van der Waals surface area contributed by atoms with Crippen molar-refractivity contribution in [1.82, 2.24) is 5.32 Å². The molecule has 2 rings (SSSR count). The molecule has 0 atom stereocenters. The molecule has 0 aromatic heterocycles. The van der Waals surface area contributed by atoms with E-state index in [1.807, 2.05) is 0 Å². The first-order chi connectivity index (χ1) is 12.9. The Bertz CT molecular complexity index is 677. The number of rotatable bonds is 10. The summed E-state index contributed by atoms with van der Waals surface area (Å²) in [6.07, 6.45) is 1.76. The molecule has 0 saturated carbocycles. The van der Waals surface area contributed by atoms with Gasteiger partial charge in [0.15, 0.2) is 0 Å². The third-order valence-corrected chi connectivity index (χ3v) is 5.74. The molecule has 0 unspecified atom stereocenters. The zero-order valence-electron chi connectivity index (χ0n) is 16.9. The zero-order chi connectivity index (χ0) is 19.8. The van der Waals surface area contributed by atoms with E-state index in [1.54, 1.807) is 0 Å². The van der Waals surface area contributed by atoms with E-state index in [2.05, 4.69) is 81.5 Å². The lowest BCUT2D eigenvalue weighted by Crippen LogP contribution is -2.21. The molecule has 0 aliphatic carbocycles. The van der Waals surface area contributed by atoms with Gasteiger partial charge in [-0.3, -0.25) is 0 Å². The van der Waals surface area contributed by atoms with E-state index in [1.165, 1.54) is 11.1 Å². The van der Waals surface area contributed by atoms with Crippen LogP contribution in [0.3, 0.4) is 0 Å². The molecular formula is C24H31NS2. The second kappa shape index (κ2) is 10.8. The fourth-order valence-electron chi connectivity index (χ4n) is 2.93. The largest absolute Gasteiger partial charge is 0.316 e. The van der Waals surface area contributed by atoms with Gasteiger partial charge in [-0.2, -0.15) is 0 Å². The van der Waals surface area contributed by atoms with Crippen LogP contribution in [0.1, 0.15) is 74.6 Å². The van der Waals surface area contributed by atoms with Crippen LogP contribution in [0.25, 0.3) is 0 Å². The summed E-state index contributed by atoms with van der Waals surface area (Å²) in [5.41, 5.74) is 5.04. The van der Waals surface area contributed by atoms with Gasteiger partial charge in [0, 0.05) is 22.8 Å². The van der Waals surface area contributed by atoms with Crippen LogP contribution in [-0.4, -0.2) is 22.8 Å². The second-order valence-electron chi connectivity index (χ2n) is 7.65. The summed E-state index contributed by atoms with van der Waals surface area (Å²) < 4.78 is 0. The maximum atomic E-state index is 5.57. The van der Waals surface area contributed by atoms with Crippen LogP contribution in [0, 0.1) is 0 Å². The molecule has 144 valence electrons. The SMILES string of the molecule is CC(C)c1ccc(C(=S)CCNCCC(=S)c2ccc(C(C)C)cc2)cc1. The van der Waals surface area contributed by atoms with Gasteiger partial charge in [0.2, 0.25) is 0 Å². The van der Waals surface area contributed by atoms with Gasteiger partial charge in [0.25, 0.3) is 0 Å². The van der Waals surface area contributed by atoms with Crippen LogP contribution < -0.4 is 5.32 Å². The number of nitrogens with one attached hydrogen (secondary N) is 1. The monoisotopic (exact) mass is 397 g/mol. The van der Waals surface area contributed by atoms with Gasteiger partial charge in [-0.15, -0.1) is 0 Å². The van der Waals surface area contributed by atoms with Crippen molar-refractivity contribution in [3.8, 4) is 0 Å². The van der Waals surface area contributed by atoms with Gasteiger partial charge in [-0.05, 0) is 46.9 Å². The zero-order valence-corrected chi connectivity index (χ0v) is 18.6. The summed E-state index contributed by atoms with van der Waals surface area (Å²) in [6, 6.07) is 17.3. The summed E-state index contributed by atoms with van der Waals surface area (Å²) in [5, 5.41) is 3.47. The van der Waals surface area contributed by atoms with Crippen LogP contribution in [0.5, 0.6) is 0 Å². The minimum Gasteiger partial charge on any atom is -0.316 e. The molecular weight excluding hydrogens is 366 g/mol. The van der Waals surface area contributed by atoms with Gasteiger partial charge in [0.1, 0.15) is 0 Å². The molecule has 0 aliphatic rings. The molecule has 0 spiro atoms. The Morgan fingerprint density at radius 2 is 1.00 bits per heavy atom. The van der Waals surface area contributed by atoms with Crippen molar-refractivity contribution in [3.63, 3.8) is 0 Å². The predicted octanol–water partition coefficient (Wildman–Crippen LogP) is 6.44. The Morgan fingerprint density at radius 3 is 1.30 bits per heavy atom. The quantitative estimate of drug-likeness (QED) is 0.281. The van der Waals surface area contributed by atoms with E-state index in [4.69, 9.17) is 24.4 Å². The summed E-state index contributed by atoms with van der Waals surface area (Å²) in [7, 11) is 0. The maximum Gasteiger partial charge on any atom is 0.0237 e. The third kappa shape index (κ3) is 6.91. The van der Waals surface area contributed by atoms with Gasteiger partial charge in [-0.25, -0.2) is 0 Å². The molecule has 2 aromatic carbocycles. The summed E-state index contributed by atoms with van der Waals surface area (Å²) in [6.45, 7) is 10.6. The van der Waals surface area contributed by atoms with Gasteiger partial charge in [0.05, 0.1) is 0 Å². The molecule has 3 heteroatoms. The Kier molecular flexibility index (Phi) is 8.75. The molecule has 0 amide bonds. The van der Waals surface area contributed by atoms with E-state index >= 15 is 0 Å². The van der Waals surface area contributed by atoms with Gasteiger partial charge >= 0.3 is 0 Å². The standard InChI is InChI=1S/C24H31NS2/c1-17(2)19-5-9-21(10-6-19)23(26)13-15-25-16-14-24(27)22-11-7-20(8-12-22)18(3)4/h5-12,17-18,25H,13-16H2,1-4H3. The Morgan fingerprint density at radius 1 is 0.667 bits per heavy atom. The minimum absolute atomic E-state index is 0.555. The Labute approximate surface area is 175 Å². The normalized spacial score (nSPS) is 11.2. The Balaban J connectivity index is 1.70. The molecule has 0 radical (unpaired) electrons. The molecule has 0 aliphatic heterocycles. The van der Waals surface area contributed by atoms with Crippen LogP contribution in [0.4, 0.5) is 0 Å². The van der Waals surface area contributed by atoms with E-state index in [0.717, 1.165) is 46.8 Å². The number of hydrogen-bond acceptors (Lipinski definition) is 3. The first-order valence-corrected chi connectivity index (χ1v) is 10.7. The topological polar surface area (TPSA) is 12.0 Å². The molecule has 0 fully saturated rings. The van der Waals surface area contributed by atoms with E-state index < -0.39 is 0 Å². The molecule has 2 aromatic rings. The highest BCUT2D eigenvalue weighted by Gasteiger charge is 2.05. The maximum absolute atomic E-state index is 5.57. The first kappa shape index (κ1) is 21.9. The molecule has 0 heterocycles. The highest BCUT2D eigenvalue weighted by molar-refractivity contribution is 7.81. The van der Waals surface area contributed by atoms with Crippen LogP contribution in [-0.2, 0) is 0 Å². The lowest BCUT2D eigenvalue weighted by molar-refractivity contribution is 0.720. The van der Waals surface area contributed by atoms with Crippen molar-refractivity contribution in [2.45, 2.75) is 52.4 Å². The molecule has 1 N–H and O–H groups in total. The van der Waals surface area contributed by atoms with Crippen LogP contribution >= 0.6 is 24.4 Å². The second-order valence-corrected chi connectivity index (χ2v) is 8.64. The summed E-state index contributed by atoms with van der Waals surface area (Å²) >= 11 is 11.1. The van der Waals surface area contributed by atoms with Gasteiger partial charge < -0.3 is 5.32 Å². The van der Waals surface area contributed by atoms with E-state index in [9.17, 15) is 0 Å². The van der Waals surface area contributed by atoms with Crippen molar-refractivity contribution >= 4 is 34.2 Å². The average molecular weight is 398 g/mol. The van der Waals surface area contributed by atoms with E-state index in [0.29, 0.717) is 11.8 Å². The lowest BCUT2D eigenvalue weighted by atomic mass is 10.00. The predicted molar refractivity (Wildman–Crippen MR) is 127 cm³/mol. The van der Waals surface area contributed by atoms with Crippen molar-refractivity contribution in [1.29, 1.82) is 0 Å². The van der Waals surface area contributed by atoms with Crippen LogP contribution in [0.2, 0.25) is 0 Å². The average Bonchev–Trinajstić information content (AvgIpc) is 2.67. The number of thiocarbonyl (C=S) groups is 2. The highest BCUT2D eigenvalue weighted by Crippen LogP contribution is 2.17. The molecule has 27 heavy (non-hydrogen) atoms. The molecule has 1 nitrogen and oxygen atoms in total. The van der Waals surface area contributed by atoms with Crippen molar-refractivity contribution < 1.29 is 0 Å². The summed E-state index contributed by atoms with van der Waals surface area (Å²) in [4.78, 5) is 2.04. The number of hydrogen-bond donors (Lipinski definition) is 1. The lowest BCUT2D eigenvalue weighted by Gasteiger charge is -2.10. The Hall–Kier alpha value is -1.42. The number of benzene rings is 2. The highest BCUT2D eigenvalue weighted by atomic mass is 32.1. The summed E-state index contributed by atoms with van der Waals surface area (Å²) in [5.74, 6) is 1.11. The van der Waals surface area contributed by atoms with E-state index in [-0.39, 0.29) is 0 Å². The first-order valence-electron chi connectivity index (χ1n) is 9.85. The minimum atomic E-state index is 0.555. The van der Waals surface area contributed by atoms with Crippen molar-refractivity contribution in [2.24, 2.45) is 0 Å². The smallest absolute Gasteiger partial charge is 0.0237 e. The van der Waals surface area contributed by atoms with Gasteiger partial charge in [-0.1, -0.05) is 101 Å². The third-order valence-electron chi connectivity index (χ3n) is 4.86. The van der Waals surface area contributed by atoms with Crippen LogP contribution in [0.15, 0.2) is 48.5 Å². The fraction of sp³-hybridized carbons (Fsp3) is 0.417. The molecule has 0 saturated heterocycles. The fourth-order valence-corrected chi connectivity index (χ4v) is 3.40. The van der Waals surface area contributed by atoms with Crippen molar-refractivity contribution in [3.05, 3.63) is 70.8 Å².